The van der Waals surface area contributed by atoms with Gasteiger partial charge < -0.3 is 10.1 Å². The number of rotatable bonds is 7. The fourth-order valence-electron chi connectivity index (χ4n) is 2.08. The minimum absolute atomic E-state index is 0.0548. The predicted octanol–water partition coefficient (Wildman–Crippen LogP) is 2.19. The minimum atomic E-state index is -3.89. The Bertz CT molecular complexity index is 921. The van der Waals surface area contributed by atoms with Crippen LogP contribution in [0.25, 0.3) is 0 Å². The number of anilines is 1. The Morgan fingerprint density at radius 2 is 1.81 bits per heavy atom. The lowest BCUT2D eigenvalue weighted by atomic mass is 10.2. The van der Waals surface area contributed by atoms with Crippen molar-refractivity contribution >= 4 is 27.6 Å². The van der Waals surface area contributed by atoms with E-state index in [0.717, 1.165) is 0 Å². The number of carbonyl (C=O) groups is 2. The van der Waals surface area contributed by atoms with E-state index in [9.17, 15) is 18.0 Å². The maximum absolute atomic E-state index is 12.5. The Labute approximate surface area is 151 Å². The zero-order valence-electron chi connectivity index (χ0n) is 14.1. The third-order valence-electron chi connectivity index (χ3n) is 3.37. The second kappa shape index (κ2) is 8.30. The van der Waals surface area contributed by atoms with Gasteiger partial charge >= 0.3 is 5.97 Å². The number of benzene rings is 2. The van der Waals surface area contributed by atoms with Gasteiger partial charge in [-0.15, -0.1) is 6.58 Å². The molecule has 26 heavy (non-hydrogen) atoms. The predicted molar refractivity (Wildman–Crippen MR) is 97.6 cm³/mol. The van der Waals surface area contributed by atoms with Crippen LogP contribution in [-0.4, -0.2) is 33.9 Å². The molecule has 8 heteroatoms. The van der Waals surface area contributed by atoms with Crippen LogP contribution in [0.5, 0.6) is 0 Å². The third kappa shape index (κ3) is 4.70. The van der Waals surface area contributed by atoms with E-state index in [0.29, 0.717) is 5.56 Å². The Morgan fingerprint density at radius 3 is 2.42 bits per heavy atom. The number of methoxy groups -OCH3 is 1. The summed E-state index contributed by atoms with van der Waals surface area (Å²) in [4.78, 5) is 23.3. The lowest BCUT2D eigenvalue weighted by Gasteiger charge is -2.10. The molecule has 2 N–H and O–H groups in total. The van der Waals surface area contributed by atoms with Crippen molar-refractivity contribution in [3.63, 3.8) is 0 Å². The maximum atomic E-state index is 12.5. The molecular formula is C18H18N2O5S. The zero-order valence-corrected chi connectivity index (χ0v) is 14.9. The van der Waals surface area contributed by atoms with Gasteiger partial charge in [-0.2, -0.15) is 0 Å². The molecule has 0 saturated carbocycles. The molecular weight excluding hydrogens is 356 g/mol. The van der Waals surface area contributed by atoms with Gasteiger partial charge in [-0.05, 0) is 42.5 Å². The number of esters is 1. The van der Waals surface area contributed by atoms with Crippen LogP contribution in [0.2, 0.25) is 0 Å². The first-order valence-corrected chi connectivity index (χ1v) is 9.06. The lowest BCUT2D eigenvalue weighted by Crippen LogP contribution is -2.23. The number of sulfonamides is 1. The average molecular weight is 374 g/mol. The molecule has 7 nitrogen and oxygen atoms in total. The van der Waals surface area contributed by atoms with Crippen molar-refractivity contribution in [2.24, 2.45) is 0 Å². The van der Waals surface area contributed by atoms with E-state index in [4.69, 9.17) is 0 Å². The molecule has 136 valence electrons. The number of hydrogen-bond donors (Lipinski definition) is 2. The number of ether oxygens (including phenoxy) is 1. The summed E-state index contributed by atoms with van der Waals surface area (Å²) in [5.74, 6) is -0.915. The highest BCUT2D eigenvalue weighted by atomic mass is 32.2. The van der Waals surface area contributed by atoms with Gasteiger partial charge in [0.05, 0.1) is 17.6 Å². The largest absolute Gasteiger partial charge is 0.465 e. The van der Waals surface area contributed by atoms with Gasteiger partial charge in [0.2, 0.25) is 0 Å². The number of amides is 1. The SMILES string of the molecule is C=CCNC(=O)c1cccc(S(=O)(=O)Nc2ccc(C(=O)OC)cc2)c1. The van der Waals surface area contributed by atoms with Crippen LogP contribution in [0.3, 0.4) is 0 Å². The molecule has 0 atom stereocenters. The molecule has 0 heterocycles. The number of nitrogens with one attached hydrogen (secondary N) is 2. The maximum Gasteiger partial charge on any atom is 0.337 e. The summed E-state index contributed by atoms with van der Waals surface area (Å²) in [5, 5.41) is 2.58. The molecule has 0 aliphatic carbocycles. The van der Waals surface area contributed by atoms with Crippen LogP contribution in [0, 0.1) is 0 Å². The number of carbonyl (C=O) groups excluding carboxylic acids is 2. The Morgan fingerprint density at radius 1 is 1.12 bits per heavy atom. The first-order valence-electron chi connectivity index (χ1n) is 7.57. The van der Waals surface area contributed by atoms with Gasteiger partial charge in [-0.1, -0.05) is 12.1 Å². The highest BCUT2D eigenvalue weighted by Gasteiger charge is 2.17. The quantitative estimate of drug-likeness (QED) is 0.571. The van der Waals surface area contributed by atoms with Crippen LogP contribution in [0.4, 0.5) is 5.69 Å². The van der Waals surface area contributed by atoms with Crippen molar-refractivity contribution in [1.82, 2.24) is 5.32 Å². The fourth-order valence-corrected chi connectivity index (χ4v) is 3.18. The van der Waals surface area contributed by atoms with Crippen LogP contribution in [0.1, 0.15) is 20.7 Å². The third-order valence-corrected chi connectivity index (χ3v) is 4.75. The summed E-state index contributed by atoms with van der Waals surface area (Å²) < 4.78 is 32.0. The molecule has 0 bridgehead atoms. The van der Waals surface area contributed by atoms with E-state index in [1.165, 1.54) is 61.7 Å². The molecule has 0 saturated heterocycles. The Hall–Kier alpha value is -3.13. The van der Waals surface area contributed by atoms with E-state index < -0.39 is 21.9 Å². The first kappa shape index (κ1) is 19.2. The molecule has 0 aliphatic rings. The van der Waals surface area contributed by atoms with E-state index in [1.54, 1.807) is 0 Å². The lowest BCUT2D eigenvalue weighted by molar-refractivity contribution is 0.0600. The minimum Gasteiger partial charge on any atom is -0.465 e. The second-order valence-electron chi connectivity index (χ2n) is 5.20. The fraction of sp³-hybridized carbons (Fsp3) is 0.111. The van der Waals surface area contributed by atoms with Gasteiger partial charge in [-0.3, -0.25) is 9.52 Å². The molecule has 0 radical (unpaired) electrons. The molecule has 2 aromatic carbocycles. The summed E-state index contributed by atoms with van der Waals surface area (Å²) in [5.41, 5.74) is 0.797. The number of hydrogen-bond acceptors (Lipinski definition) is 5. The summed E-state index contributed by atoms with van der Waals surface area (Å²) in [7, 11) is -2.63. The highest BCUT2D eigenvalue weighted by molar-refractivity contribution is 7.92. The Balaban J connectivity index is 2.21. The van der Waals surface area contributed by atoms with Gasteiger partial charge in [0.25, 0.3) is 15.9 Å². The first-order chi connectivity index (χ1) is 12.4. The zero-order chi connectivity index (χ0) is 19.2. The Kier molecular flexibility index (Phi) is 6.13. The average Bonchev–Trinajstić information content (AvgIpc) is 2.66. The van der Waals surface area contributed by atoms with E-state index in [1.807, 2.05) is 0 Å². The van der Waals surface area contributed by atoms with Crippen molar-refractivity contribution in [2.45, 2.75) is 4.90 Å². The molecule has 0 aliphatic heterocycles. The van der Waals surface area contributed by atoms with E-state index in [2.05, 4.69) is 21.4 Å². The van der Waals surface area contributed by atoms with Crippen LogP contribution < -0.4 is 10.0 Å². The smallest absolute Gasteiger partial charge is 0.337 e. The molecule has 0 aromatic heterocycles. The highest BCUT2D eigenvalue weighted by Crippen LogP contribution is 2.18. The van der Waals surface area contributed by atoms with Crippen molar-refractivity contribution in [2.75, 3.05) is 18.4 Å². The topological polar surface area (TPSA) is 102 Å². The summed E-state index contributed by atoms with van der Waals surface area (Å²) >= 11 is 0. The molecule has 2 aromatic rings. The van der Waals surface area contributed by atoms with E-state index in [-0.39, 0.29) is 22.7 Å². The molecule has 1 amide bonds. The van der Waals surface area contributed by atoms with Crippen molar-refractivity contribution in [3.05, 3.63) is 72.3 Å². The van der Waals surface area contributed by atoms with Crippen molar-refractivity contribution < 1.29 is 22.7 Å². The second-order valence-corrected chi connectivity index (χ2v) is 6.88. The summed E-state index contributed by atoms with van der Waals surface area (Å²) in [6.45, 7) is 3.78. The summed E-state index contributed by atoms with van der Waals surface area (Å²) in [6.07, 6.45) is 1.53. The van der Waals surface area contributed by atoms with Gasteiger partial charge in [0.1, 0.15) is 0 Å². The molecule has 0 unspecified atom stereocenters. The molecule has 0 spiro atoms. The van der Waals surface area contributed by atoms with Crippen molar-refractivity contribution in [3.8, 4) is 0 Å². The summed E-state index contributed by atoms with van der Waals surface area (Å²) in [6, 6.07) is 11.5. The monoisotopic (exact) mass is 374 g/mol. The molecule has 0 fully saturated rings. The van der Waals surface area contributed by atoms with E-state index >= 15 is 0 Å². The standard InChI is InChI=1S/C18H18N2O5S/c1-3-11-19-17(21)14-5-4-6-16(12-14)26(23,24)20-15-9-7-13(8-10-15)18(22)25-2/h3-10,12,20H,1,11H2,2H3,(H,19,21). The van der Waals surface area contributed by atoms with Gasteiger partial charge in [0, 0.05) is 17.8 Å². The van der Waals surface area contributed by atoms with Crippen LogP contribution in [0.15, 0.2) is 66.1 Å². The normalized spacial score (nSPS) is 10.7. The van der Waals surface area contributed by atoms with Crippen molar-refractivity contribution in [1.29, 1.82) is 0 Å². The van der Waals surface area contributed by atoms with Gasteiger partial charge in [-0.25, -0.2) is 13.2 Å². The van der Waals surface area contributed by atoms with Crippen LogP contribution >= 0.6 is 0 Å². The van der Waals surface area contributed by atoms with Gasteiger partial charge in [0.15, 0.2) is 0 Å². The van der Waals surface area contributed by atoms with Crippen LogP contribution in [-0.2, 0) is 14.8 Å². The molecule has 2 rings (SSSR count).